The Kier molecular flexibility index (Phi) is 7.23. The number of anilines is 1. The summed E-state index contributed by atoms with van der Waals surface area (Å²) in [5.41, 5.74) is 2.85. The van der Waals surface area contributed by atoms with Crippen molar-refractivity contribution < 1.29 is 18.7 Å². The van der Waals surface area contributed by atoms with Crippen LogP contribution in [0.2, 0.25) is 0 Å². The number of halogens is 1. The van der Waals surface area contributed by atoms with Crippen LogP contribution in [0.25, 0.3) is 5.57 Å². The Morgan fingerprint density at radius 3 is 2.16 bits per heavy atom. The number of nitrogens with zero attached hydrogens (tertiary/aromatic N) is 1. The van der Waals surface area contributed by atoms with Crippen molar-refractivity contribution in [3.63, 3.8) is 0 Å². The zero-order chi connectivity index (χ0) is 22.5. The molecule has 0 fully saturated rings. The third-order valence-corrected chi connectivity index (χ3v) is 5.12. The van der Waals surface area contributed by atoms with Gasteiger partial charge in [0.1, 0.15) is 11.5 Å². The summed E-state index contributed by atoms with van der Waals surface area (Å²) in [4.78, 5) is 27.5. The first-order chi connectivity index (χ1) is 14.8. The molecular weight excluding hydrogens is 395 g/mol. The molecule has 164 valence electrons. The van der Waals surface area contributed by atoms with E-state index in [9.17, 15) is 14.0 Å². The van der Waals surface area contributed by atoms with Crippen LogP contribution in [0.15, 0.2) is 54.2 Å². The first kappa shape index (κ1) is 22.7. The van der Waals surface area contributed by atoms with Gasteiger partial charge in [0.25, 0.3) is 11.8 Å². The van der Waals surface area contributed by atoms with E-state index < -0.39 is 5.82 Å². The second-order valence-electron chi connectivity index (χ2n) is 8.19. The normalized spacial score (nSPS) is 14.4. The van der Waals surface area contributed by atoms with Gasteiger partial charge in [-0.25, -0.2) is 4.39 Å². The zero-order valence-corrected chi connectivity index (χ0v) is 18.4. The number of carbonyl (C=O) groups is 2. The van der Waals surface area contributed by atoms with Crippen LogP contribution >= 0.6 is 0 Å². The van der Waals surface area contributed by atoms with Crippen LogP contribution in [0.1, 0.15) is 51.2 Å². The maximum absolute atomic E-state index is 13.4. The molecule has 0 bridgehead atoms. The molecule has 1 aliphatic rings. The highest BCUT2D eigenvalue weighted by Crippen LogP contribution is 2.31. The molecule has 0 saturated heterocycles. The van der Waals surface area contributed by atoms with Crippen molar-refractivity contribution in [3.05, 3.63) is 71.2 Å². The van der Waals surface area contributed by atoms with E-state index in [1.165, 1.54) is 34.7 Å². The first-order valence-corrected chi connectivity index (χ1v) is 10.6. The number of amides is 2. The Labute approximate surface area is 182 Å². The maximum Gasteiger partial charge on any atom is 0.278 e. The van der Waals surface area contributed by atoms with Gasteiger partial charge in [-0.15, -0.1) is 0 Å². The minimum absolute atomic E-state index is 0.0870. The van der Waals surface area contributed by atoms with Crippen molar-refractivity contribution in [1.29, 1.82) is 0 Å². The van der Waals surface area contributed by atoms with Crippen molar-refractivity contribution >= 4 is 23.1 Å². The molecule has 0 aromatic heterocycles. The molecule has 0 atom stereocenters. The fourth-order valence-electron chi connectivity index (χ4n) is 3.42. The summed E-state index contributed by atoms with van der Waals surface area (Å²) < 4.78 is 19.0. The summed E-state index contributed by atoms with van der Waals surface area (Å²) >= 11 is 0. The third-order valence-electron chi connectivity index (χ3n) is 5.12. The SMILES string of the molecule is CC(C)OCCCN1C(=O)C(Nc2ccc(C(C)C)cc2)=C(c2ccc(F)cc2)C1=O. The molecule has 1 heterocycles. The van der Waals surface area contributed by atoms with Gasteiger partial charge >= 0.3 is 0 Å². The third kappa shape index (κ3) is 5.39. The number of hydrogen-bond donors (Lipinski definition) is 1. The van der Waals surface area contributed by atoms with E-state index in [1.807, 2.05) is 38.1 Å². The number of hydrogen-bond acceptors (Lipinski definition) is 4. The van der Waals surface area contributed by atoms with Gasteiger partial charge in [-0.2, -0.15) is 0 Å². The lowest BCUT2D eigenvalue weighted by Gasteiger charge is -2.16. The van der Waals surface area contributed by atoms with Crippen LogP contribution < -0.4 is 5.32 Å². The molecule has 0 unspecified atom stereocenters. The second-order valence-corrected chi connectivity index (χ2v) is 8.19. The molecule has 5 nitrogen and oxygen atoms in total. The van der Waals surface area contributed by atoms with Gasteiger partial charge in [-0.1, -0.05) is 38.1 Å². The van der Waals surface area contributed by atoms with Crippen LogP contribution in [0, 0.1) is 5.82 Å². The standard InChI is InChI=1S/C25H29FN2O3/c1-16(2)18-8-12-21(13-9-18)27-23-22(19-6-10-20(26)11-7-19)24(29)28(25(23)30)14-5-15-31-17(3)4/h6-13,16-17,27H,5,14-15H2,1-4H3. The molecule has 31 heavy (non-hydrogen) atoms. The Morgan fingerprint density at radius 2 is 1.58 bits per heavy atom. The number of ether oxygens (including phenoxy) is 1. The lowest BCUT2D eigenvalue weighted by Crippen LogP contribution is -2.34. The van der Waals surface area contributed by atoms with Crippen LogP contribution in [0.3, 0.4) is 0 Å². The molecule has 6 heteroatoms. The lowest BCUT2D eigenvalue weighted by atomic mass is 10.0. The van der Waals surface area contributed by atoms with Gasteiger partial charge in [0.05, 0.1) is 11.7 Å². The Hall–Kier alpha value is -2.99. The van der Waals surface area contributed by atoms with Crippen LogP contribution in [0.4, 0.5) is 10.1 Å². The van der Waals surface area contributed by atoms with E-state index in [2.05, 4.69) is 19.2 Å². The van der Waals surface area contributed by atoms with Crippen molar-refractivity contribution in [3.8, 4) is 0 Å². The second kappa shape index (κ2) is 9.88. The minimum Gasteiger partial charge on any atom is -0.379 e. The quantitative estimate of drug-likeness (QED) is 0.457. The topological polar surface area (TPSA) is 58.6 Å². The Bertz CT molecular complexity index is 963. The molecular formula is C25H29FN2O3. The number of rotatable bonds is 9. The number of benzene rings is 2. The molecule has 3 rings (SSSR count). The van der Waals surface area contributed by atoms with Crippen molar-refractivity contribution in [2.24, 2.45) is 0 Å². The minimum atomic E-state index is -0.400. The fraction of sp³-hybridized carbons (Fsp3) is 0.360. The number of imide groups is 1. The highest BCUT2D eigenvalue weighted by molar-refractivity contribution is 6.36. The fourth-order valence-corrected chi connectivity index (χ4v) is 3.42. The van der Waals surface area contributed by atoms with Crippen molar-refractivity contribution in [2.75, 3.05) is 18.5 Å². The average Bonchev–Trinajstić information content (AvgIpc) is 2.96. The summed E-state index contributed by atoms with van der Waals surface area (Å²) in [5, 5.41) is 3.13. The summed E-state index contributed by atoms with van der Waals surface area (Å²) in [6.45, 7) is 8.81. The highest BCUT2D eigenvalue weighted by Gasteiger charge is 2.38. The molecule has 0 saturated carbocycles. The monoisotopic (exact) mass is 424 g/mol. The van der Waals surface area contributed by atoms with E-state index in [0.29, 0.717) is 30.2 Å². The number of carbonyl (C=O) groups excluding carboxylic acids is 2. The van der Waals surface area contributed by atoms with E-state index in [4.69, 9.17) is 4.74 Å². The molecule has 2 aromatic rings. The molecule has 1 N–H and O–H groups in total. The van der Waals surface area contributed by atoms with E-state index in [0.717, 1.165) is 0 Å². The Balaban J connectivity index is 1.88. The largest absolute Gasteiger partial charge is 0.379 e. The molecule has 0 radical (unpaired) electrons. The smallest absolute Gasteiger partial charge is 0.278 e. The summed E-state index contributed by atoms with van der Waals surface area (Å²) in [6, 6.07) is 13.4. The molecule has 2 amide bonds. The van der Waals surface area contributed by atoms with E-state index in [-0.39, 0.29) is 35.7 Å². The summed E-state index contributed by atoms with van der Waals surface area (Å²) in [5.74, 6) is -0.784. The van der Waals surface area contributed by atoms with Gasteiger partial charge in [0, 0.05) is 18.8 Å². The van der Waals surface area contributed by atoms with Crippen LogP contribution in [0.5, 0.6) is 0 Å². The van der Waals surface area contributed by atoms with Gasteiger partial charge in [-0.3, -0.25) is 14.5 Å². The number of nitrogens with one attached hydrogen (secondary N) is 1. The van der Waals surface area contributed by atoms with Crippen LogP contribution in [-0.4, -0.2) is 36.0 Å². The average molecular weight is 425 g/mol. The van der Waals surface area contributed by atoms with Gasteiger partial charge in [0.2, 0.25) is 0 Å². The molecule has 0 spiro atoms. The van der Waals surface area contributed by atoms with Gasteiger partial charge < -0.3 is 10.1 Å². The summed E-state index contributed by atoms with van der Waals surface area (Å²) in [6.07, 6.45) is 0.631. The predicted octanol–water partition coefficient (Wildman–Crippen LogP) is 4.96. The van der Waals surface area contributed by atoms with Crippen molar-refractivity contribution in [2.45, 2.75) is 46.1 Å². The van der Waals surface area contributed by atoms with E-state index >= 15 is 0 Å². The van der Waals surface area contributed by atoms with Gasteiger partial charge in [-0.05, 0) is 61.6 Å². The first-order valence-electron chi connectivity index (χ1n) is 10.6. The predicted molar refractivity (Wildman–Crippen MR) is 120 cm³/mol. The molecule has 0 aliphatic carbocycles. The van der Waals surface area contributed by atoms with E-state index in [1.54, 1.807) is 0 Å². The zero-order valence-electron chi connectivity index (χ0n) is 18.4. The Morgan fingerprint density at radius 1 is 0.935 bits per heavy atom. The van der Waals surface area contributed by atoms with Crippen LogP contribution in [-0.2, 0) is 14.3 Å². The molecule has 1 aliphatic heterocycles. The highest BCUT2D eigenvalue weighted by atomic mass is 19.1. The lowest BCUT2D eigenvalue weighted by molar-refractivity contribution is -0.137. The van der Waals surface area contributed by atoms with Gasteiger partial charge in [0.15, 0.2) is 0 Å². The molecule has 2 aromatic carbocycles. The van der Waals surface area contributed by atoms with Crippen molar-refractivity contribution in [1.82, 2.24) is 4.90 Å². The maximum atomic E-state index is 13.4. The summed E-state index contributed by atoms with van der Waals surface area (Å²) in [7, 11) is 0.